The molecule has 1 aliphatic heterocycles. The summed E-state index contributed by atoms with van der Waals surface area (Å²) in [4.78, 5) is 23.7. The number of carboxylic acid groups (broad SMARTS) is 1. The zero-order valence-electron chi connectivity index (χ0n) is 10.2. The Hall–Kier alpha value is -2.06. The van der Waals surface area contributed by atoms with Crippen LogP contribution >= 0.6 is 0 Å². The first-order chi connectivity index (χ1) is 9.29. The third-order valence-electron chi connectivity index (χ3n) is 3.19. The van der Waals surface area contributed by atoms with Gasteiger partial charge in [-0.2, -0.15) is 13.2 Å². The van der Waals surface area contributed by atoms with E-state index < -0.39 is 29.7 Å². The predicted octanol–water partition coefficient (Wildman–Crippen LogP) is 1.79. The number of aromatic nitrogens is 1. The van der Waals surface area contributed by atoms with Gasteiger partial charge in [0.05, 0.1) is 5.92 Å². The van der Waals surface area contributed by atoms with Crippen molar-refractivity contribution in [2.75, 3.05) is 13.1 Å². The van der Waals surface area contributed by atoms with E-state index in [2.05, 4.69) is 9.68 Å². The van der Waals surface area contributed by atoms with Crippen molar-refractivity contribution in [1.82, 2.24) is 10.1 Å². The highest BCUT2D eigenvalue weighted by Crippen LogP contribution is 2.34. The summed E-state index contributed by atoms with van der Waals surface area (Å²) in [7, 11) is 0. The number of likely N-dealkylation sites (tertiary alicyclic amines) is 1. The summed E-state index contributed by atoms with van der Waals surface area (Å²) in [5.41, 5.74) is -0.215. The largest absolute Gasteiger partial charge is 0.475 e. The molecule has 1 amide bonds. The van der Waals surface area contributed by atoms with Crippen LogP contribution in [-0.4, -0.2) is 46.3 Å². The second kappa shape index (κ2) is 5.14. The van der Waals surface area contributed by atoms with Gasteiger partial charge in [-0.05, 0) is 12.8 Å². The molecule has 0 spiro atoms. The summed E-state index contributed by atoms with van der Waals surface area (Å²) in [6.07, 6.45) is -4.59. The Morgan fingerprint density at radius 3 is 2.40 bits per heavy atom. The van der Waals surface area contributed by atoms with Crippen LogP contribution in [0.25, 0.3) is 0 Å². The number of hydrogen-bond acceptors (Lipinski definition) is 4. The van der Waals surface area contributed by atoms with Gasteiger partial charge in [0, 0.05) is 19.2 Å². The van der Waals surface area contributed by atoms with Crippen molar-refractivity contribution >= 4 is 11.9 Å². The molecule has 0 aromatic carbocycles. The second-order valence-corrected chi connectivity index (χ2v) is 4.49. The van der Waals surface area contributed by atoms with Crippen molar-refractivity contribution in [3.8, 4) is 0 Å². The molecule has 6 nitrogen and oxygen atoms in total. The number of piperidine rings is 1. The van der Waals surface area contributed by atoms with Crippen LogP contribution in [-0.2, 0) is 0 Å². The Morgan fingerprint density at radius 1 is 1.35 bits per heavy atom. The maximum atomic E-state index is 12.5. The molecule has 1 aliphatic rings. The van der Waals surface area contributed by atoms with Gasteiger partial charge in [0.2, 0.25) is 5.76 Å². The normalized spacial score (nSPS) is 17.2. The zero-order chi connectivity index (χ0) is 14.9. The number of halogens is 3. The van der Waals surface area contributed by atoms with Crippen molar-refractivity contribution in [3.63, 3.8) is 0 Å². The van der Waals surface area contributed by atoms with Gasteiger partial charge in [-0.1, -0.05) is 5.16 Å². The minimum Gasteiger partial charge on any atom is -0.475 e. The van der Waals surface area contributed by atoms with E-state index >= 15 is 0 Å². The molecule has 0 bridgehead atoms. The lowest BCUT2D eigenvalue weighted by molar-refractivity contribution is -0.183. The summed E-state index contributed by atoms with van der Waals surface area (Å²) in [5, 5.41) is 11.9. The van der Waals surface area contributed by atoms with Crippen LogP contribution in [0, 0.1) is 5.92 Å². The minimum absolute atomic E-state index is 0.0434. The number of carbonyl (C=O) groups is 2. The van der Waals surface area contributed by atoms with Gasteiger partial charge in [0.1, 0.15) is 0 Å². The number of nitrogens with zero attached hydrogens (tertiary/aromatic N) is 2. The lowest BCUT2D eigenvalue weighted by atomic mass is 9.96. The summed E-state index contributed by atoms with van der Waals surface area (Å²) in [6.45, 7) is -0.0868. The van der Waals surface area contributed by atoms with E-state index in [0.29, 0.717) is 0 Å². The van der Waals surface area contributed by atoms with Crippen LogP contribution in [0.5, 0.6) is 0 Å². The Balaban J connectivity index is 1.99. The number of amides is 1. The van der Waals surface area contributed by atoms with Crippen LogP contribution in [0.3, 0.4) is 0 Å². The molecule has 1 fully saturated rings. The number of hydrogen-bond donors (Lipinski definition) is 1. The van der Waals surface area contributed by atoms with Crippen LogP contribution in [0.1, 0.15) is 33.9 Å². The fourth-order valence-electron chi connectivity index (χ4n) is 2.05. The molecule has 20 heavy (non-hydrogen) atoms. The molecule has 0 aliphatic carbocycles. The second-order valence-electron chi connectivity index (χ2n) is 4.49. The van der Waals surface area contributed by atoms with Gasteiger partial charge in [0.25, 0.3) is 5.91 Å². The molecule has 1 aromatic rings. The van der Waals surface area contributed by atoms with Gasteiger partial charge in [-0.3, -0.25) is 4.79 Å². The highest BCUT2D eigenvalue weighted by Gasteiger charge is 2.42. The predicted molar refractivity (Wildman–Crippen MR) is 58.1 cm³/mol. The first-order valence-corrected chi connectivity index (χ1v) is 5.85. The molecule has 0 atom stereocenters. The van der Waals surface area contributed by atoms with Crippen LogP contribution in [0.2, 0.25) is 0 Å². The van der Waals surface area contributed by atoms with Crippen molar-refractivity contribution in [2.45, 2.75) is 19.0 Å². The molecule has 1 N–H and O–H groups in total. The summed E-state index contributed by atoms with van der Waals surface area (Å²) < 4.78 is 41.9. The Labute approximate surface area is 111 Å². The van der Waals surface area contributed by atoms with Gasteiger partial charge in [0.15, 0.2) is 5.69 Å². The lowest BCUT2D eigenvalue weighted by Gasteiger charge is -2.32. The van der Waals surface area contributed by atoms with E-state index in [1.165, 1.54) is 4.90 Å². The minimum atomic E-state index is -4.25. The number of rotatable bonds is 2. The maximum Gasteiger partial charge on any atom is 0.391 e. The average molecular weight is 292 g/mol. The smallest absolute Gasteiger partial charge is 0.391 e. The molecule has 0 unspecified atom stereocenters. The molecule has 9 heteroatoms. The van der Waals surface area contributed by atoms with Crippen molar-refractivity contribution in [1.29, 1.82) is 0 Å². The fraction of sp³-hybridized carbons (Fsp3) is 0.545. The Kier molecular flexibility index (Phi) is 3.69. The maximum absolute atomic E-state index is 12.5. The number of carboxylic acids is 1. The summed E-state index contributed by atoms with van der Waals surface area (Å²) in [5.74, 6) is -3.88. The highest BCUT2D eigenvalue weighted by molar-refractivity contribution is 5.94. The molecule has 110 valence electrons. The molecule has 1 saturated heterocycles. The Bertz CT molecular complexity index is 518. The quantitative estimate of drug-likeness (QED) is 0.898. The zero-order valence-corrected chi connectivity index (χ0v) is 10.2. The van der Waals surface area contributed by atoms with E-state index in [9.17, 15) is 22.8 Å². The van der Waals surface area contributed by atoms with Crippen LogP contribution in [0.15, 0.2) is 10.6 Å². The van der Waals surface area contributed by atoms with Crippen LogP contribution in [0.4, 0.5) is 13.2 Å². The third kappa shape index (κ3) is 2.91. The van der Waals surface area contributed by atoms with E-state index in [1.54, 1.807) is 0 Å². The molecule has 0 saturated carbocycles. The monoisotopic (exact) mass is 292 g/mol. The molecule has 0 radical (unpaired) electrons. The first kappa shape index (κ1) is 14.4. The van der Waals surface area contributed by atoms with Crippen LogP contribution < -0.4 is 0 Å². The van der Waals surface area contributed by atoms with Gasteiger partial charge < -0.3 is 14.5 Å². The lowest BCUT2D eigenvalue weighted by Crippen LogP contribution is -2.42. The average Bonchev–Trinajstić information content (AvgIpc) is 2.86. The van der Waals surface area contributed by atoms with Gasteiger partial charge in [-0.25, -0.2) is 4.79 Å². The number of alkyl halides is 3. The molecule has 1 aromatic heterocycles. The standard InChI is InChI=1S/C11H11F3N2O4/c12-11(13,14)6-1-3-16(4-2-6)9(17)7-5-8(10(18)19)20-15-7/h5-6H,1-4H2,(H,18,19). The van der Waals surface area contributed by atoms with E-state index in [4.69, 9.17) is 5.11 Å². The van der Waals surface area contributed by atoms with E-state index in [0.717, 1.165) is 6.07 Å². The topological polar surface area (TPSA) is 83.6 Å². The highest BCUT2D eigenvalue weighted by atomic mass is 19.4. The van der Waals surface area contributed by atoms with Crippen molar-refractivity contribution in [2.24, 2.45) is 5.92 Å². The summed E-state index contributed by atoms with van der Waals surface area (Å²) >= 11 is 0. The number of aromatic carboxylic acids is 1. The van der Waals surface area contributed by atoms with Crippen molar-refractivity contribution in [3.05, 3.63) is 17.5 Å². The third-order valence-corrected chi connectivity index (χ3v) is 3.19. The Morgan fingerprint density at radius 2 is 1.95 bits per heavy atom. The van der Waals surface area contributed by atoms with Gasteiger partial charge >= 0.3 is 12.1 Å². The van der Waals surface area contributed by atoms with E-state index in [-0.39, 0.29) is 31.6 Å². The first-order valence-electron chi connectivity index (χ1n) is 5.85. The molecule has 2 rings (SSSR count). The SMILES string of the molecule is O=C(O)c1cc(C(=O)N2CCC(C(F)(F)F)CC2)no1. The van der Waals surface area contributed by atoms with Gasteiger partial charge in [-0.15, -0.1) is 0 Å². The number of carbonyl (C=O) groups excluding carboxylic acids is 1. The van der Waals surface area contributed by atoms with Crippen molar-refractivity contribution < 1.29 is 32.4 Å². The summed E-state index contributed by atoms with van der Waals surface area (Å²) in [6, 6.07) is 0.959. The fourth-order valence-corrected chi connectivity index (χ4v) is 2.05. The molecule has 2 heterocycles. The van der Waals surface area contributed by atoms with E-state index in [1.807, 2.05) is 0 Å². The molecular weight excluding hydrogens is 281 g/mol. The molecular formula is C11H11F3N2O4.